The number of aliphatic imine (C=N–C) groups is 1. The lowest BCUT2D eigenvalue weighted by atomic mass is 9.83. The molecule has 3 aliphatic rings. The smallest absolute Gasteiger partial charge is 0.434 e. The molecule has 0 aliphatic carbocycles. The van der Waals surface area contributed by atoms with Crippen molar-refractivity contribution in [2.75, 3.05) is 13.1 Å². The Bertz CT molecular complexity index is 1240. The van der Waals surface area contributed by atoms with E-state index in [-0.39, 0.29) is 31.2 Å². The molecule has 0 saturated carbocycles. The lowest BCUT2D eigenvalue weighted by Gasteiger charge is -2.43. The first-order valence-corrected chi connectivity index (χ1v) is 14.4. The van der Waals surface area contributed by atoms with E-state index in [9.17, 15) is 29.4 Å². The maximum Gasteiger partial charge on any atom is 0.434 e. The lowest BCUT2D eigenvalue weighted by molar-refractivity contribution is -0.146. The summed E-state index contributed by atoms with van der Waals surface area (Å²) in [5.74, 6) is -0.689. The van der Waals surface area contributed by atoms with Crippen LogP contribution in [0.15, 0.2) is 35.3 Å². The number of hydrogen-bond donors (Lipinski definition) is 3. The van der Waals surface area contributed by atoms with E-state index in [4.69, 9.17) is 9.68 Å². The van der Waals surface area contributed by atoms with Crippen LogP contribution in [0, 0.1) is 5.41 Å². The summed E-state index contributed by atoms with van der Waals surface area (Å²) in [6, 6.07) is 7.71. The van der Waals surface area contributed by atoms with Gasteiger partial charge in [0.2, 0.25) is 5.96 Å². The van der Waals surface area contributed by atoms with Crippen molar-refractivity contribution in [1.82, 2.24) is 25.2 Å². The molecule has 1 unspecified atom stereocenters. The Morgan fingerprint density at radius 1 is 1.05 bits per heavy atom. The quantitative estimate of drug-likeness (QED) is 0.250. The molecule has 236 valence electrons. The Morgan fingerprint density at radius 3 is 2.30 bits per heavy atom. The van der Waals surface area contributed by atoms with Crippen LogP contribution in [0.4, 0.5) is 14.4 Å². The second-order valence-electron chi connectivity index (χ2n) is 13.2. The van der Waals surface area contributed by atoms with Gasteiger partial charge in [0.25, 0.3) is 5.91 Å². The van der Waals surface area contributed by atoms with Crippen LogP contribution in [-0.4, -0.2) is 103 Å². The normalized spacial score (nSPS) is 24.4. The molecule has 4 rings (SSSR count). The number of fused-ring (bicyclic) bond motifs is 2. The van der Waals surface area contributed by atoms with Gasteiger partial charge >= 0.3 is 18.2 Å². The van der Waals surface area contributed by atoms with Crippen molar-refractivity contribution in [2.45, 2.75) is 97.2 Å². The van der Waals surface area contributed by atoms with Crippen molar-refractivity contribution in [1.29, 1.82) is 0 Å². The van der Waals surface area contributed by atoms with E-state index in [1.165, 1.54) is 9.96 Å². The molecule has 14 heteroatoms. The molecule has 1 aromatic carbocycles. The minimum absolute atomic E-state index is 0.151. The molecule has 2 bridgehead atoms. The summed E-state index contributed by atoms with van der Waals surface area (Å²) in [5, 5.41) is 20.9. The molecule has 3 N–H and O–H groups in total. The molecule has 14 nitrogen and oxygen atoms in total. The minimum Gasteiger partial charge on any atom is -0.465 e. The van der Waals surface area contributed by atoms with Crippen molar-refractivity contribution < 1.29 is 39.1 Å². The predicted molar refractivity (Wildman–Crippen MR) is 155 cm³/mol. The first kappa shape index (κ1) is 32.0. The number of hydroxylamine groups is 3. The zero-order chi connectivity index (χ0) is 31.7. The number of benzene rings is 1. The fourth-order valence-electron chi connectivity index (χ4n) is 6.13. The van der Waals surface area contributed by atoms with Gasteiger partial charge in [-0.2, -0.15) is 5.06 Å². The van der Waals surface area contributed by atoms with Crippen molar-refractivity contribution >= 4 is 30.1 Å². The summed E-state index contributed by atoms with van der Waals surface area (Å²) < 4.78 is 0. The second-order valence-corrected chi connectivity index (χ2v) is 13.2. The van der Waals surface area contributed by atoms with E-state index in [1.807, 2.05) is 51.1 Å². The topological polar surface area (TPSA) is 165 Å². The highest BCUT2D eigenvalue weighted by Gasteiger charge is 2.50. The predicted octanol–water partition coefficient (Wildman–Crippen LogP) is 3.74. The van der Waals surface area contributed by atoms with Crippen LogP contribution in [0.3, 0.4) is 0 Å². The van der Waals surface area contributed by atoms with E-state index in [0.717, 1.165) is 10.5 Å². The fraction of sp³-hybridized carbons (Fsp3) is 0.621. The zero-order valence-corrected chi connectivity index (χ0v) is 25.5. The molecule has 0 spiro atoms. The lowest BCUT2D eigenvalue weighted by Crippen LogP contribution is -2.59. The van der Waals surface area contributed by atoms with Gasteiger partial charge in [-0.1, -0.05) is 51.1 Å². The van der Waals surface area contributed by atoms with Gasteiger partial charge < -0.3 is 20.0 Å². The van der Waals surface area contributed by atoms with Gasteiger partial charge in [0.15, 0.2) is 0 Å². The standard InChI is InChI=1S/C29H42N6O8/c1-28(2,3)22-21(14-15-32(22)24(30-25(37)38)34(27(40)41)29(4,5)6)43-31-23(36)20-13-12-19-16-33(20)26(39)35(19)42-17-18-10-8-7-9-11-18/h7-11,19-22H,12-17H2,1-6H3,(H,31,36)(H,37,38)(H,40,41)/t19-,20+,21+,22?/m1/s1. The number of piperidine rings is 1. The van der Waals surface area contributed by atoms with Crippen molar-refractivity contribution in [3.05, 3.63) is 35.9 Å². The Balaban J connectivity index is 1.45. The molecular weight excluding hydrogens is 560 g/mol. The molecule has 4 atom stereocenters. The van der Waals surface area contributed by atoms with Gasteiger partial charge in [-0.3, -0.25) is 14.5 Å². The number of nitrogens with zero attached hydrogens (tertiary/aromatic N) is 5. The molecule has 5 amide bonds. The maximum absolute atomic E-state index is 13.3. The number of carbonyl (C=O) groups excluding carboxylic acids is 2. The van der Waals surface area contributed by atoms with Crippen molar-refractivity contribution in [3.63, 3.8) is 0 Å². The average molecular weight is 603 g/mol. The molecule has 3 fully saturated rings. The highest BCUT2D eigenvalue weighted by Crippen LogP contribution is 2.36. The Kier molecular flexibility index (Phi) is 9.21. The van der Waals surface area contributed by atoms with E-state index in [1.54, 1.807) is 25.7 Å². The minimum atomic E-state index is -1.52. The van der Waals surface area contributed by atoms with Crippen LogP contribution in [-0.2, 0) is 21.1 Å². The number of urea groups is 1. The van der Waals surface area contributed by atoms with Gasteiger partial charge in [0.05, 0.1) is 12.1 Å². The van der Waals surface area contributed by atoms with Crippen LogP contribution >= 0.6 is 0 Å². The highest BCUT2D eigenvalue weighted by molar-refractivity contribution is 5.99. The zero-order valence-electron chi connectivity index (χ0n) is 25.5. The number of carboxylic acid groups (broad SMARTS) is 2. The second kappa shape index (κ2) is 12.4. The van der Waals surface area contributed by atoms with E-state index in [2.05, 4.69) is 10.5 Å². The first-order valence-electron chi connectivity index (χ1n) is 14.4. The summed E-state index contributed by atoms with van der Waals surface area (Å²) in [6.45, 7) is 11.6. The Labute approximate surface area is 251 Å². The van der Waals surface area contributed by atoms with Crippen LogP contribution in [0.2, 0.25) is 0 Å². The molecule has 3 aliphatic heterocycles. The molecule has 3 heterocycles. The third kappa shape index (κ3) is 7.02. The SMILES string of the molecule is CC(C)(C)C1[C@@H](ONC(=O)[C@@H]2CC[C@@H]3CN2C(=O)N3OCc2ccccc2)CCN1C(=NC(=O)O)N(C(=O)O)C(C)(C)C. The number of nitrogens with one attached hydrogen (secondary N) is 1. The van der Waals surface area contributed by atoms with E-state index in [0.29, 0.717) is 25.8 Å². The van der Waals surface area contributed by atoms with E-state index >= 15 is 0 Å². The van der Waals surface area contributed by atoms with Gasteiger partial charge in [-0.15, -0.1) is 4.99 Å². The molecule has 0 radical (unpaired) electrons. The molecule has 3 saturated heterocycles. The summed E-state index contributed by atoms with van der Waals surface area (Å²) in [6.07, 6.45) is -2.09. The summed E-state index contributed by atoms with van der Waals surface area (Å²) in [7, 11) is 0. The Hall–Kier alpha value is -3.91. The molecule has 1 aromatic rings. The summed E-state index contributed by atoms with van der Waals surface area (Å²) in [4.78, 5) is 70.0. The van der Waals surface area contributed by atoms with Gasteiger partial charge in [-0.05, 0) is 51.0 Å². The van der Waals surface area contributed by atoms with E-state index < -0.39 is 47.2 Å². The summed E-state index contributed by atoms with van der Waals surface area (Å²) in [5.41, 5.74) is 1.95. The number of carbonyl (C=O) groups is 4. The highest BCUT2D eigenvalue weighted by atomic mass is 16.7. The van der Waals surface area contributed by atoms with Gasteiger partial charge in [0.1, 0.15) is 18.8 Å². The molecule has 43 heavy (non-hydrogen) atoms. The van der Waals surface area contributed by atoms with Gasteiger partial charge in [0, 0.05) is 18.6 Å². The maximum atomic E-state index is 13.3. The average Bonchev–Trinajstić information content (AvgIpc) is 3.44. The van der Waals surface area contributed by atoms with Crippen LogP contribution in [0.5, 0.6) is 0 Å². The number of amides is 5. The third-order valence-corrected chi connectivity index (χ3v) is 7.89. The van der Waals surface area contributed by atoms with Crippen LogP contribution in [0.25, 0.3) is 0 Å². The number of rotatable bonds is 6. The van der Waals surface area contributed by atoms with Crippen molar-refractivity contribution in [2.24, 2.45) is 10.4 Å². The van der Waals surface area contributed by atoms with Crippen LogP contribution in [0.1, 0.15) is 66.4 Å². The third-order valence-electron chi connectivity index (χ3n) is 7.89. The van der Waals surface area contributed by atoms with Crippen LogP contribution < -0.4 is 5.48 Å². The molecular formula is C29H42N6O8. The Morgan fingerprint density at radius 2 is 1.72 bits per heavy atom. The largest absolute Gasteiger partial charge is 0.465 e. The summed E-state index contributed by atoms with van der Waals surface area (Å²) >= 11 is 0. The first-order chi connectivity index (χ1) is 20.1. The number of likely N-dealkylation sites (tertiary alicyclic amines) is 1. The molecule has 0 aromatic heterocycles. The number of guanidine groups is 1. The fourth-order valence-corrected chi connectivity index (χ4v) is 6.13. The monoisotopic (exact) mass is 602 g/mol. The number of hydrogen-bond acceptors (Lipinski definition) is 6. The van der Waals surface area contributed by atoms with Crippen molar-refractivity contribution in [3.8, 4) is 0 Å². The van der Waals surface area contributed by atoms with Gasteiger partial charge in [-0.25, -0.2) is 24.8 Å².